The van der Waals surface area contributed by atoms with Crippen LogP contribution in [0.3, 0.4) is 0 Å². The summed E-state index contributed by atoms with van der Waals surface area (Å²) in [5, 5.41) is 0. The van der Waals surface area contributed by atoms with Crippen LogP contribution in [-0.2, 0) is 4.79 Å². The van der Waals surface area contributed by atoms with E-state index in [1.165, 1.54) is 0 Å². The van der Waals surface area contributed by atoms with Gasteiger partial charge in [-0.3, -0.25) is 4.79 Å². The molecule has 1 rings (SSSR count). The molecule has 1 aliphatic rings. The van der Waals surface area contributed by atoms with Crippen LogP contribution in [-0.4, -0.2) is 30.4 Å². The highest BCUT2D eigenvalue weighted by Crippen LogP contribution is 2.25. The Morgan fingerprint density at radius 2 is 2.12 bits per heavy atom. The highest BCUT2D eigenvalue weighted by molar-refractivity contribution is 5.79. The van der Waals surface area contributed by atoms with Gasteiger partial charge in [-0.2, -0.15) is 0 Å². The van der Waals surface area contributed by atoms with Crippen molar-refractivity contribution < 1.29 is 4.79 Å². The summed E-state index contributed by atoms with van der Waals surface area (Å²) >= 11 is 0. The monoisotopic (exact) mass is 224 g/mol. The van der Waals surface area contributed by atoms with Crippen LogP contribution in [0.2, 0.25) is 0 Å². The van der Waals surface area contributed by atoms with Gasteiger partial charge in [0.15, 0.2) is 0 Å². The third kappa shape index (κ3) is 3.97. The predicted molar refractivity (Wildman–Crippen MR) is 67.0 cm³/mol. The van der Waals surface area contributed by atoms with Gasteiger partial charge in [0.1, 0.15) is 0 Å². The molecular formula is C13H24N2O. The van der Waals surface area contributed by atoms with Gasteiger partial charge in [-0.25, -0.2) is 0 Å². The Hall–Kier alpha value is -0.830. The van der Waals surface area contributed by atoms with Gasteiger partial charge in [0.25, 0.3) is 0 Å². The average Bonchev–Trinajstić information content (AvgIpc) is 2.25. The fraction of sp³-hybridized carbons (Fsp3) is 0.769. The number of nitrogens with two attached hydrogens (primary N) is 1. The summed E-state index contributed by atoms with van der Waals surface area (Å²) in [7, 11) is 0. The second-order valence-corrected chi connectivity index (χ2v) is 5.74. The Morgan fingerprint density at radius 3 is 2.56 bits per heavy atom. The maximum atomic E-state index is 12.2. The van der Waals surface area contributed by atoms with Crippen LogP contribution in [0.15, 0.2) is 12.2 Å². The van der Waals surface area contributed by atoms with E-state index in [1.54, 1.807) is 0 Å². The van der Waals surface area contributed by atoms with E-state index in [2.05, 4.69) is 32.9 Å². The zero-order valence-corrected chi connectivity index (χ0v) is 10.7. The molecule has 0 spiro atoms. The molecule has 0 aromatic carbocycles. The summed E-state index contributed by atoms with van der Waals surface area (Å²) in [5.74, 6) is 0.202. The standard InChI is InChI=1S/C13H24N2O/c1-13(2,3)9-11(10-14)12(16)15-7-5-4-6-8-15/h4-5,11H,6-10,14H2,1-3H3. The first kappa shape index (κ1) is 13.2. The maximum absolute atomic E-state index is 12.2. The molecule has 0 aromatic rings. The molecule has 1 heterocycles. The Kier molecular flexibility index (Phi) is 4.54. The Bertz CT molecular complexity index is 266. The summed E-state index contributed by atoms with van der Waals surface area (Å²) in [6.45, 7) is 8.50. The van der Waals surface area contributed by atoms with E-state index in [1.807, 2.05) is 4.90 Å². The quantitative estimate of drug-likeness (QED) is 0.743. The van der Waals surface area contributed by atoms with E-state index >= 15 is 0 Å². The van der Waals surface area contributed by atoms with Crippen LogP contribution in [0.25, 0.3) is 0 Å². The summed E-state index contributed by atoms with van der Waals surface area (Å²) in [6, 6.07) is 0. The largest absolute Gasteiger partial charge is 0.338 e. The molecule has 0 saturated heterocycles. The van der Waals surface area contributed by atoms with Crippen molar-refractivity contribution in [2.75, 3.05) is 19.6 Å². The molecule has 0 radical (unpaired) electrons. The fourth-order valence-electron chi connectivity index (χ4n) is 2.11. The van der Waals surface area contributed by atoms with Crippen molar-refractivity contribution >= 4 is 5.91 Å². The number of rotatable bonds is 3. The lowest BCUT2D eigenvalue weighted by Gasteiger charge is -2.30. The molecular weight excluding hydrogens is 200 g/mol. The van der Waals surface area contributed by atoms with Crippen molar-refractivity contribution in [1.29, 1.82) is 0 Å². The normalized spacial score (nSPS) is 18.6. The topological polar surface area (TPSA) is 46.3 Å². The molecule has 16 heavy (non-hydrogen) atoms. The lowest BCUT2D eigenvalue weighted by Crippen LogP contribution is -2.42. The van der Waals surface area contributed by atoms with Gasteiger partial charge < -0.3 is 10.6 Å². The first-order valence-electron chi connectivity index (χ1n) is 6.08. The molecule has 1 unspecified atom stereocenters. The first-order chi connectivity index (χ1) is 7.44. The summed E-state index contributed by atoms with van der Waals surface area (Å²) in [4.78, 5) is 14.1. The van der Waals surface area contributed by atoms with E-state index in [0.29, 0.717) is 6.54 Å². The van der Waals surface area contributed by atoms with Crippen molar-refractivity contribution in [2.45, 2.75) is 33.6 Å². The van der Waals surface area contributed by atoms with Crippen LogP contribution in [0, 0.1) is 11.3 Å². The summed E-state index contributed by atoms with van der Waals surface area (Å²) in [6.07, 6.45) is 6.03. The third-order valence-electron chi connectivity index (χ3n) is 2.86. The van der Waals surface area contributed by atoms with E-state index in [9.17, 15) is 4.79 Å². The zero-order chi connectivity index (χ0) is 12.2. The molecule has 1 atom stereocenters. The lowest BCUT2D eigenvalue weighted by atomic mass is 9.84. The highest BCUT2D eigenvalue weighted by Gasteiger charge is 2.27. The molecule has 0 bridgehead atoms. The van der Waals surface area contributed by atoms with Crippen molar-refractivity contribution in [2.24, 2.45) is 17.1 Å². The van der Waals surface area contributed by atoms with Crippen LogP contribution < -0.4 is 5.73 Å². The number of hydrogen-bond donors (Lipinski definition) is 1. The molecule has 1 aliphatic heterocycles. The molecule has 1 amide bonds. The minimum absolute atomic E-state index is 0.0218. The number of carbonyl (C=O) groups excluding carboxylic acids is 1. The Morgan fingerprint density at radius 1 is 1.44 bits per heavy atom. The second kappa shape index (κ2) is 5.48. The van der Waals surface area contributed by atoms with Crippen molar-refractivity contribution in [1.82, 2.24) is 4.90 Å². The van der Waals surface area contributed by atoms with E-state index in [0.717, 1.165) is 25.9 Å². The summed E-state index contributed by atoms with van der Waals surface area (Å²) < 4.78 is 0. The SMILES string of the molecule is CC(C)(C)CC(CN)C(=O)N1CC=CCC1. The molecule has 0 fully saturated rings. The highest BCUT2D eigenvalue weighted by atomic mass is 16.2. The van der Waals surface area contributed by atoms with Crippen LogP contribution in [0.1, 0.15) is 33.6 Å². The van der Waals surface area contributed by atoms with Gasteiger partial charge in [-0.1, -0.05) is 32.9 Å². The van der Waals surface area contributed by atoms with Gasteiger partial charge in [-0.15, -0.1) is 0 Å². The van der Waals surface area contributed by atoms with Crippen molar-refractivity contribution in [3.8, 4) is 0 Å². The van der Waals surface area contributed by atoms with E-state index in [4.69, 9.17) is 5.73 Å². The smallest absolute Gasteiger partial charge is 0.227 e. The molecule has 0 aromatic heterocycles. The minimum Gasteiger partial charge on any atom is -0.338 e. The lowest BCUT2D eigenvalue weighted by molar-refractivity contribution is -0.135. The second-order valence-electron chi connectivity index (χ2n) is 5.74. The number of nitrogens with zero attached hydrogens (tertiary/aromatic N) is 1. The fourth-order valence-corrected chi connectivity index (χ4v) is 2.11. The molecule has 92 valence electrons. The number of amides is 1. The van der Waals surface area contributed by atoms with Crippen LogP contribution in [0.5, 0.6) is 0 Å². The van der Waals surface area contributed by atoms with Crippen LogP contribution >= 0.6 is 0 Å². The van der Waals surface area contributed by atoms with E-state index in [-0.39, 0.29) is 17.2 Å². The van der Waals surface area contributed by atoms with Gasteiger partial charge in [0, 0.05) is 19.6 Å². The van der Waals surface area contributed by atoms with Gasteiger partial charge in [0.05, 0.1) is 5.92 Å². The molecule has 3 nitrogen and oxygen atoms in total. The Balaban J connectivity index is 2.58. The Labute approximate surface area is 98.7 Å². The molecule has 0 aliphatic carbocycles. The van der Waals surface area contributed by atoms with Crippen LogP contribution in [0.4, 0.5) is 0 Å². The van der Waals surface area contributed by atoms with Gasteiger partial charge in [-0.05, 0) is 18.3 Å². The number of carbonyl (C=O) groups is 1. The van der Waals surface area contributed by atoms with E-state index < -0.39 is 0 Å². The van der Waals surface area contributed by atoms with Gasteiger partial charge in [0.2, 0.25) is 5.91 Å². The van der Waals surface area contributed by atoms with Gasteiger partial charge >= 0.3 is 0 Å². The number of hydrogen-bond acceptors (Lipinski definition) is 2. The van der Waals surface area contributed by atoms with Crippen molar-refractivity contribution in [3.63, 3.8) is 0 Å². The summed E-state index contributed by atoms with van der Waals surface area (Å²) in [5.41, 5.74) is 5.88. The maximum Gasteiger partial charge on any atom is 0.227 e. The average molecular weight is 224 g/mol. The zero-order valence-electron chi connectivity index (χ0n) is 10.7. The predicted octanol–water partition coefficient (Wildman–Crippen LogP) is 1.79. The molecule has 0 saturated carbocycles. The third-order valence-corrected chi connectivity index (χ3v) is 2.86. The first-order valence-corrected chi connectivity index (χ1v) is 6.08. The molecule has 2 N–H and O–H groups in total. The minimum atomic E-state index is -0.0218. The van der Waals surface area contributed by atoms with Crippen molar-refractivity contribution in [3.05, 3.63) is 12.2 Å². The molecule has 3 heteroatoms.